The Labute approximate surface area is 130 Å². The number of hydrogen-bond donors (Lipinski definition) is 1. The highest BCUT2D eigenvalue weighted by Gasteiger charge is 2.38. The van der Waals surface area contributed by atoms with Crippen LogP contribution in [0.5, 0.6) is 0 Å². The third-order valence-corrected chi connectivity index (χ3v) is 5.40. The van der Waals surface area contributed by atoms with Crippen LogP contribution >= 0.6 is 0 Å². The van der Waals surface area contributed by atoms with E-state index in [1.165, 1.54) is 4.68 Å². The molecule has 0 bridgehead atoms. The first kappa shape index (κ1) is 15.2. The van der Waals surface area contributed by atoms with Gasteiger partial charge in [0.05, 0.1) is 11.7 Å². The van der Waals surface area contributed by atoms with Crippen LogP contribution in [0.2, 0.25) is 0 Å². The van der Waals surface area contributed by atoms with E-state index in [2.05, 4.69) is 14.8 Å². The second kappa shape index (κ2) is 5.51. The summed E-state index contributed by atoms with van der Waals surface area (Å²) in [6.07, 6.45) is 5.57. The molecular formula is C14H21N5O2S. The Bertz CT molecular complexity index is 773. The Morgan fingerprint density at radius 2 is 2.18 bits per heavy atom. The average molecular weight is 323 g/mol. The highest BCUT2D eigenvalue weighted by Crippen LogP contribution is 2.41. The van der Waals surface area contributed by atoms with Crippen molar-refractivity contribution >= 4 is 10.0 Å². The van der Waals surface area contributed by atoms with Gasteiger partial charge in [-0.3, -0.25) is 4.68 Å². The molecule has 1 fully saturated rings. The van der Waals surface area contributed by atoms with Gasteiger partial charge in [0.25, 0.3) is 10.0 Å². The summed E-state index contributed by atoms with van der Waals surface area (Å²) in [5.74, 6) is 1.07. The fraction of sp³-hybridized carbons (Fsp3) is 0.571. The first-order chi connectivity index (χ1) is 10.4. The lowest BCUT2D eigenvalue weighted by Crippen LogP contribution is -2.33. The van der Waals surface area contributed by atoms with Gasteiger partial charge in [0, 0.05) is 26.0 Å². The molecule has 1 N–H and O–H groups in total. The molecule has 0 spiro atoms. The van der Waals surface area contributed by atoms with Gasteiger partial charge < -0.3 is 4.57 Å². The number of nitrogens with one attached hydrogen (secondary N) is 1. The SMILES string of the molecule is CCn1nc(C)cc1S(=O)(=O)N[C@@H](c1nccn1C)C1CC1. The molecule has 0 saturated heterocycles. The Balaban J connectivity index is 1.93. The molecule has 0 aliphatic heterocycles. The smallest absolute Gasteiger partial charge is 0.258 e. The van der Waals surface area contributed by atoms with E-state index in [-0.39, 0.29) is 11.1 Å². The first-order valence-electron chi connectivity index (χ1n) is 7.46. The van der Waals surface area contributed by atoms with Crippen molar-refractivity contribution in [3.05, 3.63) is 30.0 Å². The van der Waals surface area contributed by atoms with Gasteiger partial charge in [0.15, 0.2) is 5.03 Å². The van der Waals surface area contributed by atoms with Gasteiger partial charge in [-0.1, -0.05) is 0 Å². The van der Waals surface area contributed by atoms with Gasteiger partial charge in [-0.15, -0.1) is 0 Å². The van der Waals surface area contributed by atoms with Gasteiger partial charge in [0.2, 0.25) is 0 Å². The van der Waals surface area contributed by atoms with Crippen molar-refractivity contribution < 1.29 is 8.42 Å². The monoisotopic (exact) mass is 323 g/mol. The third kappa shape index (κ3) is 2.80. The Kier molecular flexibility index (Phi) is 3.82. The van der Waals surface area contributed by atoms with Crippen LogP contribution in [0, 0.1) is 12.8 Å². The van der Waals surface area contributed by atoms with E-state index in [0.717, 1.165) is 18.7 Å². The molecule has 120 valence electrons. The minimum atomic E-state index is -3.63. The van der Waals surface area contributed by atoms with E-state index in [1.807, 2.05) is 24.7 Å². The van der Waals surface area contributed by atoms with E-state index in [9.17, 15) is 8.42 Å². The van der Waals surface area contributed by atoms with Crippen molar-refractivity contribution in [3.8, 4) is 0 Å². The molecule has 3 rings (SSSR count). The van der Waals surface area contributed by atoms with Crippen molar-refractivity contribution in [2.45, 2.75) is 44.3 Å². The fourth-order valence-corrected chi connectivity index (χ4v) is 4.18. The molecule has 22 heavy (non-hydrogen) atoms. The summed E-state index contributed by atoms with van der Waals surface area (Å²) >= 11 is 0. The van der Waals surface area contributed by atoms with E-state index in [4.69, 9.17) is 0 Å². The highest BCUT2D eigenvalue weighted by molar-refractivity contribution is 7.89. The number of rotatable bonds is 6. The predicted octanol–water partition coefficient (Wildman–Crippen LogP) is 1.37. The van der Waals surface area contributed by atoms with Crippen LogP contribution in [0.25, 0.3) is 0 Å². The van der Waals surface area contributed by atoms with Crippen LogP contribution in [0.3, 0.4) is 0 Å². The standard InChI is InChI=1S/C14H21N5O2S/c1-4-19-12(9-10(2)16-19)22(20,21)17-13(11-5-6-11)14-15-7-8-18(14)3/h7-9,11,13,17H,4-6H2,1-3H3/t13-/m1/s1. The molecule has 7 nitrogen and oxygen atoms in total. The van der Waals surface area contributed by atoms with Crippen LogP contribution in [0.15, 0.2) is 23.5 Å². The maximum Gasteiger partial charge on any atom is 0.258 e. The number of hydrogen-bond acceptors (Lipinski definition) is 4. The summed E-state index contributed by atoms with van der Waals surface area (Å²) in [4.78, 5) is 4.32. The number of sulfonamides is 1. The lowest BCUT2D eigenvalue weighted by atomic mass is 10.2. The van der Waals surface area contributed by atoms with Crippen LogP contribution in [0.1, 0.15) is 37.3 Å². The van der Waals surface area contributed by atoms with Gasteiger partial charge >= 0.3 is 0 Å². The van der Waals surface area contributed by atoms with Gasteiger partial charge in [-0.05, 0) is 38.7 Å². The summed E-state index contributed by atoms with van der Waals surface area (Å²) in [7, 11) is -1.75. The number of nitrogens with zero attached hydrogens (tertiary/aromatic N) is 4. The summed E-state index contributed by atoms with van der Waals surface area (Å²) in [6.45, 7) is 4.19. The van der Waals surface area contributed by atoms with Crippen molar-refractivity contribution in [2.75, 3.05) is 0 Å². The molecule has 2 aromatic rings. The molecule has 1 aliphatic rings. The Hall–Kier alpha value is -1.67. The van der Waals surface area contributed by atoms with Crippen LogP contribution < -0.4 is 4.72 Å². The molecule has 2 aromatic heterocycles. The minimum absolute atomic E-state index is 0.215. The van der Waals surface area contributed by atoms with Crippen molar-refractivity contribution in [1.82, 2.24) is 24.1 Å². The minimum Gasteiger partial charge on any atom is -0.337 e. The predicted molar refractivity (Wildman–Crippen MR) is 81.6 cm³/mol. The van der Waals surface area contributed by atoms with Gasteiger partial charge in [-0.2, -0.15) is 9.82 Å². The second-order valence-electron chi connectivity index (χ2n) is 5.77. The summed E-state index contributed by atoms with van der Waals surface area (Å²) < 4.78 is 31.7. The molecule has 2 heterocycles. The quantitative estimate of drug-likeness (QED) is 0.870. The third-order valence-electron chi connectivity index (χ3n) is 3.95. The van der Waals surface area contributed by atoms with Crippen LogP contribution in [-0.2, 0) is 23.6 Å². The molecule has 0 aromatic carbocycles. The van der Waals surface area contributed by atoms with Crippen LogP contribution in [0.4, 0.5) is 0 Å². The summed E-state index contributed by atoms with van der Waals surface area (Å²) in [5, 5.41) is 4.44. The highest BCUT2D eigenvalue weighted by atomic mass is 32.2. The second-order valence-corrected chi connectivity index (χ2v) is 7.43. The molecule has 1 aliphatic carbocycles. The lowest BCUT2D eigenvalue weighted by molar-refractivity contribution is 0.489. The molecule has 1 saturated carbocycles. The Morgan fingerprint density at radius 1 is 1.45 bits per heavy atom. The Morgan fingerprint density at radius 3 is 2.73 bits per heavy atom. The summed E-state index contributed by atoms with van der Waals surface area (Å²) in [6, 6.07) is 1.32. The first-order valence-corrected chi connectivity index (χ1v) is 8.94. The van der Waals surface area contributed by atoms with Gasteiger partial charge in [0.1, 0.15) is 5.82 Å². The molecule has 8 heteroatoms. The normalized spacial score (nSPS) is 16.9. The largest absolute Gasteiger partial charge is 0.337 e. The molecule has 0 radical (unpaired) electrons. The van der Waals surface area contributed by atoms with Crippen LogP contribution in [-0.4, -0.2) is 27.7 Å². The maximum atomic E-state index is 12.8. The molecule has 1 atom stereocenters. The molecule has 0 amide bonds. The zero-order valence-corrected chi connectivity index (χ0v) is 13.8. The van der Waals surface area contributed by atoms with Crippen molar-refractivity contribution in [2.24, 2.45) is 13.0 Å². The van der Waals surface area contributed by atoms with E-state index in [1.54, 1.807) is 19.2 Å². The van der Waals surface area contributed by atoms with Gasteiger partial charge in [-0.25, -0.2) is 13.4 Å². The zero-order chi connectivity index (χ0) is 15.9. The van der Waals surface area contributed by atoms with Crippen molar-refractivity contribution in [1.29, 1.82) is 0 Å². The topological polar surface area (TPSA) is 81.8 Å². The summed E-state index contributed by atoms with van der Waals surface area (Å²) in [5.41, 5.74) is 0.696. The number of aryl methyl sites for hydroxylation is 3. The average Bonchev–Trinajstić information content (AvgIpc) is 3.10. The lowest BCUT2D eigenvalue weighted by Gasteiger charge is -2.18. The fourth-order valence-electron chi connectivity index (χ4n) is 2.66. The maximum absolute atomic E-state index is 12.8. The number of aromatic nitrogens is 4. The zero-order valence-electron chi connectivity index (χ0n) is 13.0. The molecular weight excluding hydrogens is 302 g/mol. The molecule has 0 unspecified atom stereocenters. The number of imidazole rings is 1. The van der Waals surface area contributed by atoms with E-state index in [0.29, 0.717) is 18.2 Å². The van der Waals surface area contributed by atoms with Crippen molar-refractivity contribution in [3.63, 3.8) is 0 Å². The van der Waals surface area contributed by atoms with E-state index < -0.39 is 10.0 Å². The van der Waals surface area contributed by atoms with E-state index >= 15 is 0 Å².